The standard InChI is InChI=1S/C24H37N2O8P/c1-6-32-35(30,33-7-2)15-18-8-10-19(11-9-18)22(28)26-21(14-16(3)4)23(29)25-20-12-13-31-24(20)34-17(5)27/h8-11,16,20-21,24H,6-7,12-15H2,1-5H3,(H,25,29)(H,26,28)/t20-,21-,24-/m0/s1. The molecule has 0 bridgehead atoms. The molecule has 1 aromatic rings. The number of carbonyl (C=O) groups excluding carboxylic acids is 3. The van der Waals surface area contributed by atoms with E-state index in [-0.39, 0.29) is 31.2 Å². The number of benzene rings is 1. The lowest BCUT2D eigenvalue weighted by molar-refractivity contribution is -0.170. The molecule has 0 aliphatic carbocycles. The molecular formula is C24H37N2O8P. The molecule has 1 aliphatic heterocycles. The van der Waals surface area contributed by atoms with Crippen molar-refractivity contribution in [1.29, 1.82) is 0 Å². The summed E-state index contributed by atoms with van der Waals surface area (Å²) in [5, 5.41) is 5.64. The zero-order valence-electron chi connectivity index (χ0n) is 21.1. The van der Waals surface area contributed by atoms with Gasteiger partial charge < -0.3 is 29.2 Å². The van der Waals surface area contributed by atoms with E-state index in [1.165, 1.54) is 6.92 Å². The molecule has 3 atom stereocenters. The summed E-state index contributed by atoms with van der Waals surface area (Å²) < 4.78 is 33.9. The van der Waals surface area contributed by atoms with Gasteiger partial charge in [0.15, 0.2) is 0 Å². The first-order valence-electron chi connectivity index (χ1n) is 11.9. The fraction of sp³-hybridized carbons (Fsp3) is 0.625. The van der Waals surface area contributed by atoms with E-state index in [4.69, 9.17) is 18.5 Å². The number of nitrogens with one attached hydrogen (secondary N) is 2. The lowest BCUT2D eigenvalue weighted by atomic mass is 10.0. The van der Waals surface area contributed by atoms with Gasteiger partial charge in [0.05, 0.1) is 32.0 Å². The molecule has 1 aliphatic rings. The van der Waals surface area contributed by atoms with Crippen LogP contribution in [0.5, 0.6) is 0 Å². The van der Waals surface area contributed by atoms with Gasteiger partial charge in [-0.25, -0.2) is 0 Å². The van der Waals surface area contributed by atoms with Crippen molar-refractivity contribution in [2.75, 3.05) is 19.8 Å². The van der Waals surface area contributed by atoms with Crippen molar-refractivity contribution in [1.82, 2.24) is 10.6 Å². The molecule has 1 aromatic carbocycles. The van der Waals surface area contributed by atoms with E-state index in [0.29, 0.717) is 30.6 Å². The molecule has 2 rings (SSSR count). The summed E-state index contributed by atoms with van der Waals surface area (Å²) in [6, 6.07) is 5.34. The molecule has 1 fully saturated rings. The maximum absolute atomic E-state index is 13.0. The Bertz CT molecular complexity index is 895. The Morgan fingerprint density at radius 1 is 1.11 bits per heavy atom. The van der Waals surface area contributed by atoms with Gasteiger partial charge in [0.25, 0.3) is 5.91 Å². The fourth-order valence-electron chi connectivity index (χ4n) is 3.72. The van der Waals surface area contributed by atoms with Crippen LogP contribution in [0.2, 0.25) is 0 Å². The van der Waals surface area contributed by atoms with Crippen molar-refractivity contribution in [3.05, 3.63) is 35.4 Å². The first kappa shape index (κ1) is 29.0. The van der Waals surface area contributed by atoms with Gasteiger partial charge in [0, 0.05) is 12.5 Å². The second-order valence-corrected chi connectivity index (χ2v) is 10.8. The van der Waals surface area contributed by atoms with Crippen LogP contribution in [-0.4, -0.2) is 56.0 Å². The van der Waals surface area contributed by atoms with Gasteiger partial charge in [-0.1, -0.05) is 26.0 Å². The summed E-state index contributed by atoms with van der Waals surface area (Å²) >= 11 is 0. The Labute approximate surface area is 206 Å². The van der Waals surface area contributed by atoms with Crippen LogP contribution in [0.15, 0.2) is 24.3 Å². The van der Waals surface area contributed by atoms with E-state index in [2.05, 4.69) is 10.6 Å². The summed E-state index contributed by atoms with van der Waals surface area (Å²) in [6.45, 7) is 9.58. The molecule has 1 heterocycles. The highest BCUT2D eigenvalue weighted by atomic mass is 31.2. The van der Waals surface area contributed by atoms with E-state index >= 15 is 0 Å². The number of esters is 1. The van der Waals surface area contributed by atoms with Gasteiger partial charge >= 0.3 is 13.6 Å². The molecule has 2 amide bonds. The SMILES string of the molecule is CCOP(=O)(Cc1ccc(C(=O)N[C@@H](CC(C)C)C(=O)N[C@H]2CCO[C@H]2OC(C)=O)cc1)OCC. The van der Waals surface area contributed by atoms with Gasteiger partial charge in [-0.2, -0.15) is 0 Å². The third-order valence-corrected chi connectivity index (χ3v) is 7.28. The van der Waals surface area contributed by atoms with E-state index in [1.54, 1.807) is 38.1 Å². The predicted molar refractivity (Wildman–Crippen MR) is 130 cm³/mol. The minimum Gasteiger partial charge on any atom is -0.434 e. The summed E-state index contributed by atoms with van der Waals surface area (Å²) in [4.78, 5) is 37.2. The lowest BCUT2D eigenvalue weighted by Gasteiger charge is -2.24. The highest BCUT2D eigenvalue weighted by Crippen LogP contribution is 2.51. The number of hydrogen-bond acceptors (Lipinski definition) is 8. The zero-order chi connectivity index (χ0) is 26.0. The summed E-state index contributed by atoms with van der Waals surface area (Å²) in [5.41, 5.74) is 1.07. The molecule has 0 saturated carbocycles. The van der Waals surface area contributed by atoms with Gasteiger partial charge in [0.2, 0.25) is 12.2 Å². The molecule has 0 radical (unpaired) electrons. The second kappa shape index (κ2) is 13.7. The smallest absolute Gasteiger partial charge is 0.335 e. The van der Waals surface area contributed by atoms with E-state index in [1.807, 2.05) is 13.8 Å². The highest BCUT2D eigenvalue weighted by molar-refractivity contribution is 7.53. The summed E-state index contributed by atoms with van der Waals surface area (Å²) in [6.07, 6.45) is 0.180. The van der Waals surface area contributed by atoms with Crippen LogP contribution in [0, 0.1) is 5.92 Å². The van der Waals surface area contributed by atoms with Crippen LogP contribution >= 0.6 is 7.60 Å². The van der Waals surface area contributed by atoms with Crippen molar-refractivity contribution in [2.45, 2.75) is 72.0 Å². The second-order valence-electron chi connectivity index (χ2n) is 8.71. The molecule has 11 heteroatoms. The molecule has 0 unspecified atom stereocenters. The number of carbonyl (C=O) groups is 3. The minimum atomic E-state index is -3.26. The highest BCUT2D eigenvalue weighted by Gasteiger charge is 2.34. The number of rotatable bonds is 13. The monoisotopic (exact) mass is 512 g/mol. The van der Waals surface area contributed by atoms with Crippen molar-refractivity contribution >= 4 is 25.4 Å². The molecule has 0 aromatic heterocycles. The summed E-state index contributed by atoms with van der Waals surface area (Å²) in [5.74, 6) is -1.13. The van der Waals surface area contributed by atoms with Crippen LogP contribution in [0.1, 0.15) is 63.4 Å². The average Bonchev–Trinajstić information content (AvgIpc) is 3.19. The predicted octanol–water partition coefficient (Wildman–Crippen LogP) is 3.39. The summed E-state index contributed by atoms with van der Waals surface area (Å²) in [7, 11) is -3.26. The topological polar surface area (TPSA) is 129 Å². The lowest BCUT2D eigenvalue weighted by Crippen LogP contribution is -2.52. The van der Waals surface area contributed by atoms with Crippen LogP contribution in [0.4, 0.5) is 0 Å². The molecule has 1 saturated heterocycles. The number of amides is 2. The number of ether oxygens (including phenoxy) is 2. The van der Waals surface area contributed by atoms with Crippen molar-refractivity contribution in [2.24, 2.45) is 5.92 Å². The fourth-order valence-corrected chi connectivity index (χ4v) is 5.42. The first-order chi connectivity index (χ1) is 16.6. The van der Waals surface area contributed by atoms with E-state index < -0.39 is 37.8 Å². The van der Waals surface area contributed by atoms with Crippen LogP contribution in [-0.2, 0) is 38.8 Å². The Balaban J connectivity index is 2.05. The van der Waals surface area contributed by atoms with E-state index in [0.717, 1.165) is 0 Å². The van der Waals surface area contributed by atoms with Gasteiger partial charge in [0.1, 0.15) is 6.04 Å². The van der Waals surface area contributed by atoms with Crippen LogP contribution in [0.3, 0.4) is 0 Å². The van der Waals surface area contributed by atoms with Crippen molar-refractivity contribution in [3.8, 4) is 0 Å². The Morgan fingerprint density at radius 2 is 1.74 bits per heavy atom. The Kier molecular flexibility index (Phi) is 11.4. The van der Waals surface area contributed by atoms with Gasteiger partial charge in [-0.15, -0.1) is 0 Å². The molecule has 10 nitrogen and oxygen atoms in total. The molecule has 196 valence electrons. The zero-order valence-corrected chi connectivity index (χ0v) is 22.0. The third kappa shape index (κ3) is 9.37. The van der Waals surface area contributed by atoms with Crippen molar-refractivity contribution in [3.63, 3.8) is 0 Å². The van der Waals surface area contributed by atoms with Crippen LogP contribution in [0.25, 0.3) is 0 Å². The normalized spacial score (nSPS) is 18.8. The van der Waals surface area contributed by atoms with Gasteiger partial charge in [-0.3, -0.25) is 18.9 Å². The molecular weight excluding hydrogens is 475 g/mol. The quantitative estimate of drug-likeness (QED) is 0.304. The minimum absolute atomic E-state index is 0.0991. The maximum atomic E-state index is 13.0. The average molecular weight is 513 g/mol. The largest absolute Gasteiger partial charge is 0.434 e. The van der Waals surface area contributed by atoms with E-state index in [9.17, 15) is 18.9 Å². The van der Waals surface area contributed by atoms with Crippen molar-refractivity contribution < 1.29 is 37.5 Å². The van der Waals surface area contributed by atoms with Gasteiger partial charge in [-0.05, 0) is 50.3 Å². The Hall–Kier alpha value is -2.26. The molecule has 35 heavy (non-hydrogen) atoms. The third-order valence-electron chi connectivity index (χ3n) is 5.22. The number of hydrogen-bond donors (Lipinski definition) is 2. The Morgan fingerprint density at radius 3 is 2.29 bits per heavy atom. The van der Waals surface area contributed by atoms with Crippen LogP contribution < -0.4 is 10.6 Å². The molecule has 0 spiro atoms. The molecule has 2 N–H and O–H groups in total. The maximum Gasteiger partial charge on any atom is 0.335 e. The first-order valence-corrected chi connectivity index (χ1v) is 13.7.